The zero-order valence-electron chi connectivity index (χ0n) is 8.38. The number of hydrazine groups is 1. The van der Waals surface area contributed by atoms with Crippen LogP contribution in [0.2, 0.25) is 0 Å². The average Bonchev–Trinajstić information content (AvgIpc) is 2.19. The van der Waals surface area contributed by atoms with Crippen molar-refractivity contribution in [3.63, 3.8) is 0 Å². The molecule has 0 spiro atoms. The Hall–Kier alpha value is -0.610. The quantitative estimate of drug-likeness (QED) is 0.654. The highest BCUT2D eigenvalue weighted by Crippen LogP contribution is 2.12. The van der Waals surface area contributed by atoms with Gasteiger partial charge in [0.05, 0.1) is 0 Å². The molecule has 4 nitrogen and oxygen atoms in total. The predicted octanol–water partition coefficient (Wildman–Crippen LogP) is 0.538. The van der Waals surface area contributed by atoms with Gasteiger partial charge in [-0.2, -0.15) is 0 Å². The molecule has 1 aliphatic rings. The van der Waals surface area contributed by atoms with E-state index in [4.69, 9.17) is 4.74 Å². The van der Waals surface area contributed by atoms with Gasteiger partial charge in [-0.1, -0.05) is 6.92 Å². The molecule has 0 bridgehead atoms. The minimum Gasteiger partial charge on any atom is -0.368 e. The molecule has 0 aromatic rings. The summed E-state index contributed by atoms with van der Waals surface area (Å²) < 4.78 is 5.35. The molecule has 1 atom stereocenters. The number of carbonyl (C=O) groups is 1. The van der Waals surface area contributed by atoms with Gasteiger partial charge >= 0.3 is 0 Å². The van der Waals surface area contributed by atoms with Crippen molar-refractivity contribution in [1.82, 2.24) is 10.4 Å². The maximum absolute atomic E-state index is 11.5. The van der Waals surface area contributed by atoms with Gasteiger partial charge in [-0.05, 0) is 19.3 Å². The Kier molecular flexibility index (Phi) is 4.18. The van der Waals surface area contributed by atoms with Crippen LogP contribution in [0.25, 0.3) is 0 Å². The maximum Gasteiger partial charge on any atom is 0.263 e. The van der Waals surface area contributed by atoms with Gasteiger partial charge in [-0.25, -0.2) is 5.01 Å². The van der Waals surface area contributed by atoms with Crippen molar-refractivity contribution in [2.24, 2.45) is 0 Å². The largest absolute Gasteiger partial charge is 0.368 e. The minimum absolute atomic E-state index is 0.0101. The Bertz CT molecular complexity index is 167. The zero-order valence-corrected chi connectivity index (χ0v) is 8.38. The van der Waals surface area contributed by atoms with Crippen LogP contribution < -0.4 is 5.43 Å². The van der Waals surface area contributed by atoms with Crippen LogP contribution in [-0.2, 0) is 9.53 Å². The van der Waals surface area contributed by atoms with E-state index in [0.717, 1.165) is 25.8 Å². The van der Waals surface area contributed by atoms with Gasteiger partial charge in [-0.3, -0.25) is 10.2 Å². The molecule has 1 aliphatic heterocycles. The Balaban J connectivity index is 2.29. The van der Waals surface area contributed by atoms with Crippen LogP contribution in [0, 0.1) is 0 Å². The van der Waals surface area contributed by atoms with Crippen LogP contribution in [-0.4, -0.2) is 37.2 Å². The SMILES string of the molecule is CCN(C)NC(=O)C1CCCCO1. The van der Waals surface area contributed by atoms with Gasteiger partial charge in [-0.15, -0.1) is 0 Å². The van der Waals surface area contributed by atoms with E-state index < -0.39 is 0 Å². The van der Waals surface area contributed by atoms with Crippen molar-refractivity contribution in [3.05, 3.63) is 0 Å². The molecular weight excluding hydrogens is 168 g/mol. The number of carbonyl (C=O) groups excluding carboxylic acids is 1. The van der Waals surface area contributed by atoms with Gasteiger partial charge in [0.1, 0.15) is 6.10 Å². The van der Waals surface area contributed by atoms with Crippen molar-refractivity contribution in [2.45, 2.75) is 32.3 Å². The molecule has 13 heavy (non-hydrogen) atoms. The van der Waals surface area contributed by atoms with Crippen LogP contribution in [0.3, 0.4) is 0 Å². The first-order valence-electron chi connectivity index (χ1n) is 4.87. The number of hydrogen-bond acceptors (Lipinski definition) is 3. The molecule has 1 unspecified atom stereocenters. The molecule has 1 rings (SSSR count). The molecule has 0 radical (unpaired) electrons. The average molecular weight is 186 g/mol. The normalized spacial score (nSPS) is 23.2. The highest BCUT2D eigenvalue weighted by molar-refractivity contribution is 5.80. The summed E-state index contributed by atoms with van der Waals surface area (Å²) in [5.41, 5.74) is 2.77. The lowest BCUT2D eigenvalue weighted by molar-refractivity contribution is -0.139. The fraction of sp³-hybridized carbons (Fsp3) is 0.889. The molecule has 1 fully saturated rings. The van der Waals surface area contributed by atoms with Crippen LogP contribution in [0.5, 0.6) is 0 Å². The second-order valence-electron chi connectivity index (χ2n) is 3.35. The molecule has 0 aromatic carbocycles. The topological polar surface area (TPSA) is 41.6 Å². The van der Waals surface area contributed by atoms with Crippen molar-refractivity contribution < 1.29 is 9.53 Å². The fourth-order valence-corrected chi connectivity index (χ4v) is 1.29. The Morgan fingerprint density at radius 3 is 2.92 bits per heavy atom. The van der Waals surface area contributed by atoms with E-state index in [0.29, 0.717) is 6.61 Å². The third-order valence-corrected chi connectivity index (χ3v) is 2.25. The summed E-state index contributed by atoms with van der Waals surface area (Å²) in [6.45, 7) is 3.51. The molecular formula is C9H18N2O2. The first-order chi connectivity index (χ1) is 6.24. The van der Waals surface area contributed by atoms with Crippen LogP contribution in [0.1, 0.15) is 26.2 Å². The lowest BCUT2D eigenvalue weighted by atomic mass is 10.1. The van der Waals surface area contributed by atoms with E-state index in [1.165, 1.54) is 0 Å². The molecule has 0 aliphatic carbocycles. The van der Waals surface area contributed by atoms with Gasteiger partial charge < -0.3 is 4.74 Å². The number of ether oxygens (including phenoxy) is 1. The van der Waals surface area contributed by atoms with Crippen molar-refractivity contribution >= 4 is 5.91 Å². The summed E-state index contributed by atoms with van der Waals surface area (Å²) in [5, 5.41) is 1.76. The lowest BCUT2D eigenvalue weighted by Gasteiger charge is -2.24. The number of hydrogen-bond donors (Lipinski definition) is 1. The molecule has 1 amide bonds. The molecule has 76 valence electrons. The molecule has 0 aromatic heterocycles. The van der Waals surface area contributed by atoms with E-state index in [2.05, 4.69) is 5.43 Å². The highest BCUT2D eigenvalue weighted by atomic mass is 16.5. The standard InChI is InChI=1S/C9H18N2O2/c1-3-11(2)10-9(12)8-6-4-5-7-13-8/h8H,3-7H2,1-2H3,(H,10,12). The van der Waals surface area contributed by atoms with Gasteiger partial charge in [0, 0.05) is 20.2 Å². The molecule has 1 saturated heterocycles. The summed E-state index contributed by atoms with van der Waals surface area (Å²) in [7, 11) is 1.85. The smallest absolute Gasteiger partial charge is 0.263 e. The molecule has 1 heterocycles. The third-order valence-electron chi connectivity index (χ3n) is 2.25. The van der Waals surface area contributed by atoms with Crippen LogP contribution >= 0.6 is 0 Å². The predicted molar refractivity (Wildman–Crippen MR) is 50.0 cm³/mol. The molecule has 1 N–H and O–H groups in total. The zero-order chi connectivity index (χ0) is 9.68. The van der Waals surface area contributed by atoms with Crippen molar-refractivity contribution in [1.29, 1.82) is 0 Å². The number of rotatable bonds is 3. The Morgan fingerprint density at radius 1 is 1.62 bits per heavy atom. The van der Waals surface area contributed by atoms with Crippen molar-refractivity contribution in [3.8, 4) is 0 Å². The molecule has 4 heteroatoms. The Labute approximate surface area is 79.2 Å². The van der Waals surface area contributed by atoms with E-state index in [-0.39, 0.29) is 12.0 Å². The number of amides is 1. The minimum atomic E-state index is -0.234. The summed E-state index contributed by atoms with van der Waals surface area (Å²) in [6, 6.07) is 0. The second kappa shape index (κ2) is 5.19. The lowest BCUT2D eigenvalue weighted by Crippen LogP contribution is -2.46. The van der Waals surface area contributed by atoms with Gasteiger partial charge in [0.25, 0.3) is 5.91 Å². The Morgan fingerprint density at radius 2 is 2.38 bits per heavy atom. The summed E-state index contributed by atoms with van der Waals surface area (Å²) in [4.78, 5) is 11.5. The molecule has 0 saturated carbocycles. The summed E-state index contributed by atoms with van der Waals surface area (Å²) in [5.74, 6) is -0.0101. The van der Waals surface area contributed by atoms with Gasteiger partial charge in [0.2, 0.25) is 0 Å². The van der Waals surface area contributed by atoms with Crippen LogP contribution in [0.15, 0.2) is 0 Å². The van der Waals surface area contributed by atoms with Crippen molar-refractivity contribution in [2.75, 3.05) is 20.2 Å². The van der Waals surface area contributed by atoms with Crippen LogP contribution in [0.4, 0.5) is 0 Å². The second-order valence-corrected chi connectivity index (χ2v) is 3.35. The van der Waals surface area contributed by atoms with E-state index in [1.54, 1.807) is 5.01 Å². The van der Waals surface area contributed by atoms with E-state index in [9.17, 15) is 4.79 Å². The number of nitrogens with one attached hydrogen (secondary N) is 1. The van der Waals surface area contributed by atoms with E-state index in [1.807, 2.05) is 14.0 Å². The summed E-state index contributed by atoms with van der Waals surface area (Å²) in [6.07, 6.45) is 2.78. The summed E-state index contributed by atoms with van der Waals surface area (Å²) >= 11 is 0. The van der Waals surface area contributed by atoms with E-state index >= 15 is 0 Å². The first kappa shape index (κ1) is 10.5. The highest BCUT2D eigenvalue weighted by Gasteiger charge is 2.22. The maximum atomic E-state index is 11.5. The number of nitrogens with zero attached hydrogens (tertiary/aromatic N) is 1. The van der Waals surface area contributed by atoms with Gasteiger partial charge in [0.15, 0.2) is 0 Å². The monoisotopic (exact) mass is 186 g/mol. The first-order valence-corrected chi connectivity index (χ1v) is 4.87. The fourth-order valence-electron chi connectivity index (χ4n) is 1.29. The third kappa shape index (κ3) is 3.32.